The molecule has 0 aliphatic carbocycles. The van der Waals surface area contributed by atoms with Crippen molar-refractivity contribution in [3.63, 3.8) is 0 Å². The minimum Gasteiger partial charge on any atom is -0.399 e. The van der Waals surface area contributed by atoms with Gasteiger partial charge in [-0.15, -0.1) is 0 Å². The predicted octanol–water partition coefficient (Wildman–Crippen LogP) is 1.28. The Morgan fingerprint density at radius 3 is 3.06 bits per heavy atom. The summed E-state index contributed by atoms with van der Waals surface area (Å²) in [6, 6.07) is 7.95. The normalized spacial score (nSPS) is 10.6. The van der Waals surface area contributed by atoms with Gasteiger partial charge in [-0.2, -0.15) is 0 Å². The Morgan fingerprint density at radius 2 is 2.29 bits per heavy atom. The maximum Gasteiger partial charge on any atom is 0.113 e. The van der Waals surface area contributed by atoms with Gasteiger partial charge in [-0.1, -0.05) is 12.1 Å². The minimum atomic E-state index is 0.802. The third-order valence-electron chi connectivity index (χ3n) is 2.72. The zero-order valence-electron chi connectivity index (χ0n) is 10.1. The molecular formula is C13H18N4. The van der Waals surface area contributed by atoms with Gasteiger partial charge in [-0.3, -0.25) is 0 Å². The van der Waals surface area contributed by atoms with Crippen LogP contribution in [-0.2, 0) is 13.0 Å². The third-order valence-corrected chi connectivity index (χ3v) is 2.72. The summed E-state index contributed by atoms with van der Waals surface area (Å²) >= 11 is 0. The lowest BCUT2D eigenvalue weighted by Crippen LogP contribution is -2.16. The van der Waals surface area contributed by atoms with Crippen LogP contribution in [0.4, 0.5) is 5.69 Å². The fourth-order valence-electron chi connectivity index (χ4n) is 1.83. The van der Waals surface area contributed by atoms with Gasteiger partial charge >= 0.3 is 0 Å². The Morgan fingerprint density at radius 1 is 1.41 bits per heavy atom. The third kappa shape index (κ3) is 3.07. The molecule has 0 radical (unpaired) electrons. The van der Waals surface area contributed by atoms with Crippen molar-refractivity contribution < 1.29 is 0 Å². The summed E-state index contributed by atoms with van der Waals surface area (Å²) in [5.41, 5.74) is 7.77. The van der Waals surface area contributed by atoms with Crippen molar-refractivity contribution in [3.05, 3.63) is 48.0 Å². The van der Waals surface area contributed by atoms with Crippen molar-refractivity contribution in [2.24, 2.45) is 0 Å². The van der Waals surface area contributed by atoms with Crippen LogP contribution in [-0.4, -0.2) is 23.1 Å². The van der Waals surface area contributed by atoms with Crippen LogP contribution >= 0.6 is 0 Å². The van der Waals surface area contributed by atoms with E-state index in [1.165, 1.54) is 5.56 Å². The first-order chi connectivity index (χ1) is 8.29. The second-order valence-corrected chi connectivity index (χ2v) is 4.06. The van der Waals surface area contributed by atoms with Crippen molar-refractivity contribution >= 4 is 5.69 Å². The summed E-state index contributed by atoms with van der Waals surface area (Å²) in [4.78, 5) is 4.39. The highest BCUT2D eigenvalue weighted by Crippen LogP contribution is 2.11. The molecule has 0 saturated carbocycles. The molecule has 0 saturated heterocycles. The van der Waals surface area contributed by atoms with E-state index >= 15 is 0 Å². The maximum atomic E-state index is 5.77. The SMILES string of the molecule is CNCCn1ccnc1Cc1cccc(N)c1. The molecule has 1 aromatic heterocycles. The van der Waals surface area contributed by atoms with E-state index in [0.29, 0.717) is 0 Å². The van der Waals surface area contributed by atoms with E-state index in [9.17, 15) is 0 Å². The average molecular weight is 230 g/mol. The molecule has 2 rings (SSSR count). The molecule has 0 spiro atoms. The molecule has 0 bridgehead atoms. The predicted molar refractivity (Wildman–Crippen MR) is 69.8 cm³/mol. The lowest BCUT2D eigenvalue weighted by atomic mass is 10.1. The summed E-state index contributed by atoms with van der Waals surface area (Å²) in [5.74, 6) is 1.07. The average Bonchev–Trinajstić information content (AvgIpc) is 2.74. The Hall–Kier alpha value is -1.81. The number of hydrogen-bond donors (Lipinski definition) is 2. The molecule has 0 aliphatic rings. The van der Waals surface area contributed by atoms with Crippen LogP contribution in [0.5, 0.6) is 0 Å². The van der Waals surface area contributed by atoms with E-state index in [2.05, 4.69) is 20.9 Å². The largest absolute Gasteiger partial charge is 0.399 e. The topological polar surface area (TPSA) is 55.9 Å². The summed E-state index contributed by atoms with van der Waals surface area (Å²) in [7, 11) is 1.95. The zero-order valence-corrected chi connectivity index (χ0v) is 10.1. The number of likely N-dealkylation sites (N-methyl/N-ethyl adjacent to an activating group) is 1. The Balaban J connectivity index is 2.10. The van der Waals surface area contributed by atoms with E-state index in [0.717, 1.165) is 31.0 Å². The first-order valence-electron chi connectivity index (χ1n) is 5.78. The van der Waals surface area contributed by atoms with Crippen LogP contribution in [0.3, 0.4) is 0 Å². The second kappa shape index (κ2) is 5.50. The maximum absolute atomic E-state index is 5.77. The summed E-state index contributed by atoms with van der Waals surface area (Å²) in [6.07, 6.45) is 4.68. The van der Waals surface area contributed by atoms with E-state index in [-0.39, 0.29) is 0 Å². The number of rotatable bonds is 5. The second-order valence-electron chi connectivity index (χ2n) is 4.06. The molecule has 4 nitrogen and oxygen atoms in total. The van der Waals surface area contributed by atoms with Crippen molar-refractivity contribution in [1.82, 2.24) is 14.9 Å². The number of benzene rings is 1. The summed E-state index contributed by atoms with van der Waals surface area (Å²) < 4.78 is 2.17. The van der Waals surface area contributed by atoms with Crippen LogP contribution in [0.25, 0.3) is 0 Å². The van der Waals surface area contributed by atoms with Gasteiger partial charge in [0.2, 0.25) is 0 Å². The molecule has 90 valence electrons. The molecule has 1 heterocycles. The fourth-order valence-corrected chi connectivity index (χ4v) is 1.83. The lowest BCUT2D eigenvalue weighted by molar-refractivity contribution is 0.621. The summed E-state index contributed by atoms with van der Waals surface area (Å²) in [6.45, 7) is 1.88. The van der Waals surface area contributed by atoms with Gasteiger partial charge in [0, 0.05) is 37.6 Å². The smallest absolute Gasteiger partial charge is 0.113 e. The molecule has 0 unspecified atom stereocenters. The van der Waals surface area contributed by atoms with Gasteiger partial charge in [-0.25, -0.2) is 4.98 Å². The number of hydrogen-bond acceptors (Lipinski definition) is 3. The van der Waals surface area contributed by atoms with Gasteiger partial charge in [-0.05, 0) is 24.7 Å². The van der Waals surface area contributed by atoms with Crippen molar-refractivity contribution in [1.29, 1.82) is 0 Å². The number of nitrogens with one attached hydrogen (secondary N) is 1. The standard InChI is InChI=1S/C13H18N4/c1-15-5-7-17-8-6-16-13(17)10-11-3-2-4-12(14)9-11/h2-4,6,8-9,15H,5,7,10,14H2,1H3. The van der Waals surface area contributed by atoms with Gasteiger partial charge in [0.15, 0.2) is 0 Å². The molecule has 1 aromatic carbocycles. The van der Waals surface area contributed by atoms with Gasteiger partial charge in [0.25, 0.3) is 0 Å². The number of nitrogen functional groups attached to an aromatic ring is 1. The fraction of sp³-hybridized carbons (Fsp3) is 0.308. The number of imidazole rings is 1. The monoisotopic (exact) mass is 230 g/mol. The van der Waals surface area contributed by atoms with Crippen LogP contribution < -0.4 is 11.1 Å². The van der Waals surface area contributed by atoms with Gasteiger partial charge < -0.3 is 15.6 Å². The molecule has 4 heteroatoms. The molecule has 17 heavy (non-hydrogen) atoms. The Labute approximate surface area is 101 Å². The Bertz CT molecular complexity index is 476. The molecule has 0 atom stereocenters. The molecular weight excluding hydrogens is 212 g/mol. The van der Waals surface area contributed by atoms with Crippen molar-refractivity contribution in [2.45, 2.75) is 13.0 Å². The molecule has 0 aliphatic heterocycles. The van der Waals surface area contributed by atoms with Crippen molar-refractivity contribution in [3.8, 4) is 0 Å². The highest BCUT2D eigenvalue weighted by molar-refractivity contribution is 5.41. The minimum absolute atomic E-state index is 0.802. The van der Waals surface area contributed by atoms with Gasteiger partial charge in [0.05, 0.1) is 0 Å². The van der Waals surface area contributed by atoms with E-state index in [4.69, 9.17) is 5.73 Å². The molecule has 2 aromatic rings. The number of anilines is 1. The van der Waals surface area contributed by atoms with Crippen molar-refractivity contribution in [2.75, 3.05) is 19.3 Å². The van der Waals surface area contributed by atoms with Crippen LogP contribution in [0.1, 0.15) is 11.4 Å². The van der Waals surface area contributed by atoms with Crippen LogP contribution in [0.2, 0.25) is 0 Å². The number of nitrogens with zero attached hydrogens (tertiary/aromatic N) is 2. The molecule has 0 fully saturated rings. The van der Waals surface area contributed by atoms with Gasteiger partial charge in [0.1, 0.15) is 5.82 Å². The zero-order chi connectivity index (χ0) is 12.1. The molecule has 3 N–H and O–H groups in total. The summed E-state index contributed by atoms with van der Waals surface area (Å²) in [5, 5.41) is 3.14. The highest BCUT2D eigenvalue weighted by Gasteiger charge is 2.03. The highest BCUT2D eigenvalue weighted by atomic mass is 15.1. The Kier molecular flexibility index (Phi) is 3.77. The number of aromatic nitrogens is 2. The van der Waals surface area contributed by atoms with E-state index in [1.807, 2.05) is 37.6 Å². The van der Waals surface area contributed by atoms with E-state index < -0.39 is 0 Å². The first-order valence-corrected chi connectivity index (χ1v) is 5.78. The first kappa shape index (κ1) is 11.7. The quantitative estimate of drug-likeness (QED) is 0.761. The molecule has 0 amide bonds. The van der Waals surface area contributed by atoms with E-state index in [1.54, 1.807) is 0 Å². The lowest BCUT2D eigenvalue weighted by Gasteiger charge is -2.07. The number of nitrogens with two attached hydrogens (primary N) is 1. The van der Waals surface area contributed by atoms with Crippen LogP contribution in [0.15, 0.2) is 36.7 Å². The van der Waals surface area contributed by atoms with Crippen LogP contribution in [0, 0.1) is 0 Å².